The molecule has 0 aliphatic carbocycles. The Morgan fingerprint density at radius 3 is 2.92 bits per heavy atom. The van der Waals surface area contributed by atoms with Crippen LogP contribution in [0.5, 0.6) is 0 Å². The van der Waals surface area contributed by atoms with E-state index in [1.807, 2.05) is 6.07 Å². The zero-order valence-corrected chi connectivity index (χ0v) is 13.9. The van der Waals surface area contributed by atoms with Crippen molar-refractivity contribution in [3.05, 3.63) is 69.4 Å². The molecule has 0 aliphatic rings. The fraction of sp³-hybridized carbons (Fsp3) is 0. The molecule has 26 heavy (non-hydrogen) atoms. The summed E-state index contributed by atoms with van der Waals surface area (Å²) in [6.07, 6.45) is 2.83. The molecule has 9 heteroatoms. The minimum atomic E-state index is -0.601. The van der Waals surface area contributed by atoms with Gasteiger partial charge in [0.25, 0.3) is 11.6 Å². The van der Waals surface area contributed by atoms with Crippen molar-refractivity contribution in [2.75, 3.05) is 5.32 Å². The summed E-state index contributed by atoms with van der Waals surface area (Å²) in [5, 5.41) is 24.6. The maximum Gasteiger partial charge on any atom is 0.270 e. The molecule has 8 nitrogen and oxygen atoms in total. The molecule has 1 N–H and O–H groups in total. The minimum absolute atomic E-state index is 0.0588. The van der Waals surface area contributed by atoms with E-state index in [0.29, 0.717) is 16.5 Å². The number of thiazole rings is 1. The van der Waals surface area contributed by atoms with E-state index in [-0.39, 0.29) is 17.0 Å². The second-order valence-electron chi connectivity index (χ2n) is 4.97. The molecule has 2 aromatic heterocycles. The van der Waals surface area contributed by atoms with Crippen LogP contribution < -0.4 is 5.32 Å². The Labute approximate surface area is 151 Å². The van der Waals surface area contributed by atoms with Crippen molar-refractivity contribution in [3.63, 3.8) is 0 Å². The highest BCUT2D eigenvalue weighted by molar-refractivity contribution is 7.13. The largest absolute Gasteiger partial charge is 0.457 e. The standard InChI is InChI=1S/C17H10N4O4S/c18-10-12(16(22)20-17-19-6-7-26-17)9-14-4-5-15(25-14)11-2-1-3-13(8-11)21(23)24/h1-9H,(H,19,20,22). The van der Waals surface area contributed by atoms with Crippen molar-refractivity contribution < 1.29 is 14.1 Å². The van der Waals surface area contributed by atoms with Gasteiger partial charge in [-0.3, -0.25) is 20.2 Å². The number of amides is 1. The van der Waals surface area contributed by atoms with Crippen molar-refractivity contribution in [2.45, 2.75) is 0 Å². The van der Waals surface area contributed by atoms with Crippen LogP contribution >= 0.6 is 11.3 Å². The summed E-state index contributed by atoms with van der Waals surface area (Å²) in [6, 6.07) is 11.0. The molecule has 0 saturated carbocycles. The first kappa shape index (κ1) is 17.1. The summed E-state index contributed by atoms with van der Waals surface area (Å²) < 4.78 is 5.58. The molecule has 3 rings (SSSR count). The smallest absolute Gasteiger partial charge is 0.270 e. The van der Waals surface area contributed by atoms with Crippen molar-refractivity contribution >= 4 is 34.1 Å². The van der Waals surface area contributed by atoms with E-state index in [2.05, 4.69) is 10.3 Å². The number of benzene rings is 1. The number of nitro groups is 1. The highest BCUT2D eigenvalue weighted by Gasteiger charge is 2.13. The Bertz CT molecular complexity index is 1030. The van der Waals surface area contributed by atoms with Crippen LogP contribution in [0.4, 0.5) is 10.8 Å². The average Bonchev–Trinajstić information content (AvgIpc) is 3.31. The SMILES string of the molecule is N#CC(=Cc1ccc(-c2cccc([N+](=O)[O-])c2)o1)C(=O)Nc1nccs1. The van der Waals surface area contributed by atoms with Gasteiger partial charge in [0.1, 0.15) is 23.2 Å². The lowest BCUT2D eigenvalue weighted by molar-refractivity contribution is -0.384. The van der Waals surface area contributed by atoms with Crippen LogP contribution in [0.25, 0.3) is 17.4 Å². The van der Waals surface area contributed by atoms with Gasteiger partial charge in [0.05, 0.1) is 4.92 Å². The number of hydrogen-bond donors (Lipinski definition) is 1. The van der Waals surface area contributed by atoms with Gasteiger partial charge in [-0.25, -0.2) is 4.98 Å². The number of nitrogens with one attached hydrogen (secondary N) is 1. The van der Waals surface area contributed by atoms with E-state index in [4.69, 9.17) is 4.42 Å². The number of anilines is 1. The molecule has 0 aliphatic heterocycles. The first-order valence-corrected chi connectivity index (χ1v) is 8.12. The molecule has 3 aromatic rings. The van der Waals surface area contributed by atoms with E-state index in [1.165, 1.54) is 35.7 Å². The number of nitriles is 1. The lowest BCUT2D eigenvalue weighted by Gasteiger charge is -1.99. The van der Waals surface area contributed by atoms with E-state index >= 15 is 0 Å². The van der Waals surface area contributed by atoms with Crippen LogP contribution in [0, 0.1) is 21.4 Å². The van der Waals surface area contributed by atoms with Crippen LogP contribution in [0.3, 0.4) is 0 Å². The Kier molecular flexibility index (Phi) is 4.87. The number of hydrogen-bond acceptors (Lipinski definition) is 7. The van der Waals surface area contributed by atoms with E-state index in [9.17, 15) is 20.2 Å². The van der Waals surface area contributed by atoms with Crippen LogP contribution in [0.15, 0.2) is 58.0 Å². The van der Waals surface area contributed by atoms with Crippen LogP contribution in [0.2, 0.25) is 0 Å². The Balaban J connectivity index is 1.83. The number of nitro benzene ring substituents is 1. The fourth-order valence-corrected chi connectivity index (χ4v) is 2.62. The number of carbonyl (C=O) groups is 1. The predicted octanol–water partition coefficient (Wildman–Crippen LogP) is 3.86. The highest BCUT2D eigenvalue weighted by atomic mass is 32.1. The van der Waals surface area contributed by atoms with Gasteiger partial charge in [-0.15, -0.1) is 11.3 Å². The molecule has 1 amide bonds. The van der Waals surface area contributed by atoms with Crippen molar-refractivity contribution in [1.29, 1.82) is 5.26 Å². The number of carbonyl (C=O) groups excluding carboxylic acids is 1. The third kappa shape index (κ3) is 3.82. The molecule has 0 spiro atoms. The van der Waals surface area contributed by atoms with Gasteiger partial charge in [0.15, 0.2) is 5.13 Å². The summed E-state index contributed by atoms with van der Waals surface area (Å²) >= 11 is 1.23. The van der Waals surface area contributed by atoms with E-state index in [0.717, 1.165) is 0 Å². The molecule has 0 radical (unpaired) electrons. The lowest BCUT2D eigenvalue weighted by Crippen LogP contribution is -2.13. The quantitative estimate of drug-likeness (QED) is 0.317. The molecule has 2 heterocycles. The third-order valence-electron chi connectivity index (χ3n) is 3.27. The summed E-state index contributed by atoms with van der Waals surface area (Å²) in [4.78, 5) is 26.4. The molecule has 0 bridgehead atoms. The summed E-state index contributed by atoms with van der Waals surface area (Å²) in [5.41, 5.74) is 0.307. The topological polar surface area (TPSA) is 122 Å². The molecule has 1 aromatic carbocycles. The van der Waals surface area contributed by atoms with Gasteiger partial charge < -0.3 is 4.42 Å². The molecule has 0 unspecified atom stereocenters. The van der Waals surface area contributed by atoms with Gasteiger partial charge in [0, 0.05) is 35.3 Å². The Morgan fingerprint density at radius 2 is 2.23 bits per heavy atom. The van der Waals surface area contributed by atoms with E-state index < -0.39 is 10.8 Å². The summed E-state index contributed by atoms with van der Waals surface area (Å²) in [5.74, 6) is 0.0608. The maximum absolute atomic E-state index is 12.1. The molecule has 128 valence electrons. The second-order valence-corrected chi connectivity index (χ2v) is 5.87. The minimum Gasteiger partial charge on any atom is -0.457 e. The summed E-state index contributed by atoms with van der Waals surface area (Å²) in [6.45, 7) is 0. The van der Waals surface area contributed by atoms with Gasteiger partial charge >= 0.3 is 0 Å². The predicted molar refractivity (Wildman–Crippen MR) is 95.1 cm³/mol. The molecular formula is C17H10N4O4S. The monoisotopic (exact) mass is 366 g/mol. The first-order valence-electron chi connectivity index (χ1n) is 7.24. The van der Waals surface area contributed by atoms with Crippen LogP contribution in [0.1, 0.15) is 5.76 Å². The van der Waals surface area contributed by atoms with Gasteiger partial charge in [-0.1, -0.05) is 12.1 Å². The highest BCUT2D eigenvalue weighted by Crippen LogP contribution is 2.26. The molecular weight excluding hydrogens is 356 g/mol. The van der Waals surface area contributed by atoms with Crippen LogP contribution in [-0.2, 0) is 4.79 Å². The normalized spacial score (nSPS) is 11.0. The lowest BCUT2D eigenvalue weighted by atomic mass is 10.1. The fourth-order valence-electron chi connectivity index (χ4n) is 2.10. The zero-order chi connectivity index (χ0) is 18.5. The Morgan fingerprint density at radius 1 is 1.38 bits per heavy atom. The average molecular weight is 366 g/mol. The maximum atomic E-state index is 12.1. The molecule has 0 saturated heterocycles. The molecule has 0 fully saturated rings. The number of nitrogens with zero attached hydrogens (tertiary/aromatic N) is 3. The number of non-ortho nitro benzene ring substituents is 1. The van der Waals surface area contributed by atoms with Crippen molar-refractivity contribution in [1.82, 2.24) is 4.98 Å². The molecule has 0 atom stereocenters. The van der Waals surface area contributed by atoms with E-state index in [1.54, 1.807) is 29.6 Å². The van der Waals surface area contributed by atoms with Crippen molar-refractivity contribution in [2.24, 2.45) is 0 Å². The number of aromatic nitrogens is 1. The van der Waals surface area contributed by atoms with Crippen LogP contribution in [-0.4, -0.2) is 15.8 Å². The first-order chi connectivity index (χ1) is 12.6. The summed E-state index contributed by atoms with van der Waals surface area (Å²) in [7, 11) is 0. The van der Waals surface area contributed by atoms with Gasteiger partial charge in [-0.05, 0) is 12.1 Å². The second kappa shape index (κ2) is 7.42. The number of furan rings is 1. The van der Waals surface area contributed by atoms with Gasteiger partial charge in [0.2, 0.25) is 0 Å². The number of rotatable bonds is 5. The van der Waals surface area contributed by atoms with Gasteiger partial charge in [-0.2, -0.15) is 5.26 Å². The zero-order valence-electron chi connectivity index (χ0n) is 13.1. The van der Waals surface area contributed by atoms with Crippen molar-refractivity contribution in [3.8, 4) is 17.4 Å². The third-order valence-corrected chi connectivity index (χ3v) is 3.96. The Hall–Kier alpha value is -3.77.